The summed E-state index contributed by atoms with van der Waals surface area (Å²) in [4.78, 5) is 4.65. The van der Waals surface area contributed by atoms with E-state index in [0.717, 1.165) is 57.7 Å². The van der Waals surface area contributed by atoms with Crippen LogP contribution >= 0.6 is 34.4 Å². The van der Waals surface area contributed by atoms with Gasteiger partial charge in [-0.05, 0) is 31.9 Å². The van der Waals surface area contributed by atoms with Gasteiger partial charge in [0.25, 0.3) is 0 Å². The molecule has 28 heavy (non-hydrogen) atoms. The third-order valence-electron chi connectivity index (χ3n) is 4.24. The third kappa shape index (κ3) is 5.66. The first-order valence-electron chi connectivity index (χ1n) is 9.19. The molecule has 0 spiro atoms. The summed E-state index contributed by atoms with van der Waals surface area (Å²) in [6, 6.07) is 8.07. The number of thioether (sulfide) groups is 1. The minimum atomic E-state index is 0.301. The molecule has 3 heterocycles. The summed E-state index contributed by atoms with van der Waals surface area (Å²) in [6.07, 6.45) is 2.57. The highest BCUT2D eigenvalue weighted by Gasteiger charge is 2.16. The number of aryl methyl sites for hydroxylation is 1. The van der Waals surface area contributed by atoms with Crippen LogP contribution in [0.15, 0.2) is 34.0 Å². The molecule has 1 unspecified atom stereocenters. The van der Waals surface area contributed by atoms with Crippen molar-refractivity contribution >= 4 is 39.6 Å². The molecule has 6 nitrogen and oxygen atoms in total. The van der Waals surface area contributed by atoms with Crippen molar-refractivity contribution in [3.05, 3.63) is 45.9 Å². The zero-order valence-electron chi connectivity index (χ0n) is 15.6. The summed E-state index contributed by atoms with van der Waals surface area (Å²) in [7, 11) is 0. The Hall–Kier alpha value is -1.68. The van der Waals surface area contributed by atoms with Gasteiger partial charge in [0.15, 0.2) is 4.34 Å². The minimum absolute atomic E-state index is 0.301. The zero-order chi connectivity index (χ0) is 19.2. The van der Waals surface area contributed by atoms with Crippen LogP contribution < -0.4 is 10.1 Å². The molecule has 1 aromatic carbocycles. The van der Waals surface area contributed by atoms with Gasteiger partial charge in [0, 0.05) is 24.3 Å². The average Bonchev–Trinajstić information content (AvgIpc) is 3.46. The molecule has 1 fully saturated rings. The van der Waals surface area contributed by atoms with Gasteiger partial charge < -0.3 is 14.8 Å². The molecule has 0 aliphatic carbocycles. The summed E-state index contributed by atoms with van der Waals surface area (Å²) in [5.41, 5.74) is 2.27. The normalized spacial score (nSPS) is 16.4. The number of nitrogens with zero attached hydrogens (tertiary/aromatic N) is 3. The van der Waals surface area contributed by atoms with Gasteiger partial charge in [-0.1, -0.05) is 40.8 Å². The van der Waals surface area contributed by atoms with Crippen molar-refractivity contribution in [3.63, 3.8) is 0 Å². The van der Waals surface area contributed by atoms with Crippen LogP contribution in [0.25, 0.3) is 0 Å². The number of ether oxygens (including phenoxy) is 2. The Kier molecular flexibility index (Phi) is 6.79. The first-order valence-corrected chi connectivity index (χ1v) is 11.9. The van der Waals surface area contributed by atoms with Crippen LogP contribution in [0.5, 0.6) is 5.75 Å². The number of aromatic nitrogens is 3. The molecule has 9 heteroatoms. The molecule has 4 rings (SSSR count). The van der Waals surface area contributed by atoms with Gasteiger partial charge >= 0.3 is 0 Å². The summed E-state index contributed by atoms with van der Waals surface area (Å²) in [5.74, 6) is 1.65. The van der Waals surface area contributed by atoms with Gasteiger partial charge in [-0.3, -0.25) is 0 Å². The van der Waals surface area contributed by atoms with Crippen LogP contribution in [0.2, 0.25) is 0 Å². The summed E-state index contributed by atoms with van der Waals surface area (Å²) < 4.78 is 12.4. The standard InChI is InChI=1S/C19H22N4O2S3/c1-13-4-6-15(7-5-13)25-10-17-21-14(11-26-17)12-27-19-23-22-18(28-19)20-9-16-3-2-8-24-16/h4-7,11,16H,2-3,8-10,12H2,1H3,(H,20,22). The Morgan fingerprint density at radius 3 is 3.00 bits per heavy atom. The van der Waals surface area contributed by atoms with Crippen LogP contribution in [0.1, 0.15) is 29.1 Å². The van der Waals surface area contributed by atoms with E-state index in [-0.39, 0.29) is 0 Å². The fourth-order valence-electron chi connectivity index (χ4n) is 2.74. The van der Waals surface area contributed by atoms with Crippen LogP contribution in [-0.4, -0.2) is 34.4 Å². The van der Waals surface area contributed by atoms with E-state index in [9.17, 15) is 0 Å². The molecule has 1 aliphatic rings. The van der Waals surface area contributed by atoms with E-state index in [1.54, 1.807) is 34.4 Å². The van der Waals surface area contributed by atoms with Crippen molar-refractivity contribution < 1.29 is 9.47 Å². The molecule has 1 N–H and O–H groups in total. The summed E-state index contributed by atoms with van der Waals surface area (Å²) in [6.45, 7) is 4.23. The van der Waals surface area contributed by atoms with E-state index in [0.29, 0.717) is 12.7 Å². The maximum absolute atomic E-state index is 5.80. The van der Waals surface area contributed by atoms with Gasteiger partial charge in [-0.25, -0.2) is 4.98 Å². The molecule has 0 radical (unpaired) electrons. The highest BCUT2D eigenvalue weighted by Crippen LogP contribution is 2.29. The Bertz CT molecular complexity index is 875. The quantitative estimate of drug-likeness (QED) is 0.487. The minimum Gasteiger partial charge on any atom is -0.486 e. The van der Waals surface area contributed by atoms with E-state index < -0.39 is 0 Å². The maximum Gasteiger partial charge on any atom is 0.206 e. The Balaban J connectivity index is 1.21. The van der Waals surface area contributed by atoms with E-state index in [1.165, 1.54) is 5.56 Å². The van der Waals surface area contributed by atoms with Crippen LogP contribution in [0.4, 0.5) is 5.13 Å². The first-order chi connectivity index (χ1) is 13.7. The molecular formula is C19H22N4O2S3. The fraction of sp³-hybridized carbons (Fsp3) is 0.421. The Morgan fingerprint density at radius 1 is 1.29 bits per heavy atom. The third-order valence-corrected chi connectivity index (χ3v) is 7.16. The molecule has 1 saturated heterocycles. The second kappa shape index (κ2) is 9.69. The topological polar surface area (TPSA) is 69.2 Å². The lowest BCUT2D eigenvalue weighted by Crippen LogP contribution is -2.18. The van der Waals surface area contributed by atoms with Crippen LogP contribution in [-0.2, 0) is 17.1 Å². The van der Waals surface area contributed by atoms with Gasteiger partial charge in [0.05, 0.1) is 11.8 Å². The second-order valence-electron chi connectivity index (χ2n) is 6.51. The molecular weight excluding hydrogens is 412 g/mol. The highest BCUT2D eigenvalue weighted by atomic mass is 32.2. The molecule has 0 bridgehead atoms. The fourth-order valence-corrected chi connectivity index (χ4v) is 5.20. The molecule has 0 amide bonds. The monoisotopic (exact) mass is 434 g/mol. The lowest BCUT2D eigenvalue weighted by atomic mass is 10.2. The van der Waals surface area contributed by atoms with Crippen molar-refractivity contribution in [2.45, 2.75) is 42.6 Å². The highest BCUT2D eigenvalue weighted by molar-refractivity contribution is 8.00. The molecule has 3 aromatic rings. The summed E-state index contributed by atoms with van der Waals surface area (Å²) in [5, 5.41) is 15.7. The van der Waals surface area contributed by atoms with E-state index >= 15 is 0 Å². The Morgan fingerprint density at radius 2 is 2.18 bits per heavy atom. The van der Waals surface area contributed by atoms with E-state index in [1.807, 2.05) is 24.3 Å². The van der Waals surface area contributed by atoms with Crippen molar-refractivity contribution in [3.8, 4) is 5.75 Å². The van der Waals surface area contributed by atoms with Gasteiger partial charge in [0.2, 0.25) is 5.13 Å². The lowest BCUT2D eigenvalue weighted by molar-refractivity contribution is 0.120. The number of nitrogens with one attached hydrogen (secondary N) is 1. The SMILES string of the molecule is Cc1ccc(OCc2nc(CSc3nnc(NCC4CCCO4)s3)cs2)cc1. The number of hydrogen-bond acceptors (Lipinski definition) is 9. The van der Waals surface area contributed by atoms with Crippen molar-refractivity contribution in [1.82, 2.24) is 15.2 Å². The van der Waals surface area contributed by atoms with Crippen molar-refractivity contribution in [1.29, 1.82) is 0 Å². The van der Waals surface area contributed by atoms with Crippen molar-refractivity contribution in [2.75, 3.05) is 18.5 Å². The predicted octanol–water partition coefficient (Wildman–Crippen LogP) is 4.77. The Labute approximate surface area is 176 Å². The first kappa shape index (κ1) is 19.6. The lowest BCUT2D eigenvalue weighted by Gasteiger charge is -2.08. The maximum atomic E-state index is 5.80. The molecule has 148 valence electrons. The summed E-state index contributed by atoms with van der Waals surface area (Å²) >= 11 is 4.86. The van der Waals surface area contributed by atoms with E-state index in [4.69, 9.17) is 9.47 Å². The predicted molar refractivity (Wildman–Crippen MR) is 115 cm³/mol. The van der Waals surface area contributed by atoms with Crippen molar-refractivity contribution in [2.24, 2.45) is 0 Å². The number of thiazole rings is 1. The number of hydrogen-bond donors (Lipinski definition) is 1. The largest absolute Gasteiger partial charge is 0.486 e. The molecule has 1 atom stereocenters. The van der Waals surface area contributed by atoms with Gasteiger partial charge in [-0.15, -0.1) is 21.5 Å². The number of rotatable bonds is 9. The smallest absolute Gasteiger partial charge is 0.206 e. The van der Waals surface area contributed by atoms with Crippen LogP contribution in [0.3, 0.4) is 0 Å². The molecule has 0 saturated carbocycles. The number of anilines is 1. The average molecular weight is 435 g/mol. The van der Waals surface area contributed by atoms with Gasteiger partial charge in [-0.2, -0.15) is 0 Å². The van der Waals surface area contributed by atoms with E-state index in [2.05, 4.69) is 32.8 Å². The van der Waals surface area contributed by atoms with Crippen LogP contribution in [0, 0.1) is 6.92 Å². The zero-order valence-corrected chi connectivity index (χ0v) is 18.0. The molecule has 2 aromatic heterocycles. The van der Waals surface area contributed by atoms with Gasteiger partial charge in [0.1, 0.15) is 17.4 Å². The second-order valence-corrected chi connectivity index (χ2v) is 9.65. The number of benzene rings is 1. The molecule has 1 aliphatic heterocycles.